The summed E-state index contributed by atoms with van der Waals surface area (Å²) in [6, 6.07) is 13.4. The number of rotatable bonds is 5. The molecule has 0 aromatic heterocycles. The standard InChI is InChI=1S/C21H25FN2O2/c1-15(25)24(17-11-9-16(22)10-12-17)14-13-20(26)23-19-8-6-5-7-18(19)21(2,3)4/h5-12H,13-14H2,1-4H3,(H,23,26). The molecule has 0 atom stereocenters. The van der Waals surface area contributed by atoms with E-state index in [-0.39, 0.29) is 36.0 Å². The Balaban J connectivity index is 2.06. The lowest BCUT2D eigenvalue weighted by atomic mass is 9.86. The molecule has 4 nitrogen and oxygen atoms in total. The Morgan fingerprint density at radius 2 is 1.65 bits per heavy atom. The molecule has 0 radical (unpaired) electrons. The van der Waals surface area contributed by atoms with Crippen LogP contribution in [0.4, 0.5) is 15.8 Å². The van der Waals surface area contributed by atoms with Crippen LogP contribution in [0.15, 0.2) is 48.5 Å². The second-order valence-corrected chi connectivity index (χ2v) is 7.24. The number of para-hydroxylation sites is 1. The van der Waals surface area contributed by atoms with Crippen molar-refractivity contribution in [2.24, 2.45) is 0 Å². The van der Waals surface area contributed by atoms with Crippen LogP contribution in [0, 0.1) is 5.82 Å². The number of anilines is 2. The van der Waals surface area contributed by atoms with Gasteiger partial charge in [0.05, 0.1) is 0 Å². The van der Waals surface area contributed by atoms with E-state index in [0.29, 0.717) is 5.69 Å². The first-order chi connectivity index (χ1) is 12.2. The number of benzene rings is 2. The molecule has 138 valence electrons. The van der Waals surface area contributed by atoms with Gasteiger partial charge in [-0.2, -0.15) is 0 Å². The van der Waals surface area contributed by atoms with Gasteiger partial charge in [-0.3, -0.25) is 9.59 Å². The molecule has 2 aromatic rings. The molecule has 1 N–H and O–H groups in total. The molecular weight excluding hydrogens is 331 g/mol. The summed E-state index contributed by atoms with van der Waals surface area (Å²) < 4.78 is 13.1. The summed E-state index contributed by atoms with van der Waals surface area (Å²) in [4.78, 5) is 25.7. The Bertz CT molecular complexity index is 779. The van der Waals surface area contributed by atoms with Gasteiger partial charge in [-0.25, -0.2) is 4.39 Å². The molecule has 2 rings (SSSR count). The van der Waals surface area contributed by atoms with Gasteiger partial charge in [-0.05, 0) is 41.3 Å². The van der Waals surface area contributed by atoms with Crippen molar-refractivity contribution in [3.05, 3.63) is 59.9 Å². The molecule has 2 amide bonds. The van der Waals surface area contributed by atoms with E-state index in [0.717, 1.165) is 11.3 Å². The van der Waals surface area contributed by atoms with E-state index in [1.165, 1.54) is 36.1 Å². The lowest BCUT2D eigenvalue weighted by Crippen LogP contribution is -2.32. The van der Waals surface area contributed by atoms with Crippen LogP contribution in [0.25, 0.3) is 0 Å². The number of nitrogens with one attached hydrogen (secondary N) is 1. The summed E-state index contributed by atoms with van der Waals surface area (Å²) in [6.45, 7) is 7.92. The highest BCUT2D eigenvalue weighted by molar-refractivity contribution is 5.95. The van der Waals surface area contributed by atoms with Crippen LogP contribution < -0.4 is 10.2 Å². The van der Waals surface area contributed by atoms with Crippen molar-refractivity contribution in [1.82, 2.24) is 0 Å². The van der Waals surface area contributed by atoms with Crippen LogP contribution in [-0.4, -0.2) is 18.4 Å². The van der Waals surface area contributed by atoms with Crippen molar-refractivity contribution >= 4 is 23.2 Å². The molecule has 0 fully saturated rings. The lowest BCUT2D eigenvalue weighted by Gasteiger charge is -2.24. The fourth-order valence-electron chi connectivity index (χ4n) is 2.76. The Kier molecular flexibility index (Phi) is 6.14. The van der Waals surface area contributed by atoms with E-state index in [9.17, 15) is 14.0 Å². The summed E-state index contributed by atoms with van der Waals surface area (Å²) in [5, 5.41) is 2.94. The van der Waals surface area contributed by atoms with Gasteiger partial charge in [0.2, 0.25) is 11.8 Å². The Hall–Kier alpha value is -2.69. The molecule has 0 aliphatic carbocycles. The molecule has 2 aromatic carbocycles. The summed E-state index contributed by atoms with van der Waals surface area (Å²) in [6.07, 6.45) is 0.148. The van der Waals surface area contributed by atoms with Gasteiger partial charge in [0.15, 0.2) is 0 Å². The molecule has 0 spiro atoms. The van der Waals surface area contributed by atoms with Gasteiger partial charge >= 0.3 is 0 Å². The molecule has 26 heavy (non-hydrogen) atoms. The number of amides is 2. The highest BCUT2D eigenvalue weighted by Crippen LogP contribution is 2.29. The second-order valence-electron chi connectivity index (χ2n) is 7.24. The zero-order valence-corrected chi connectivity index (χ0v) is 15.7. The molecule has 0 saturated carbocycles. The summed E-state index contributed by atoms with van der Waals surface area (Å²) >= 11 is 0. The van der Waals surface area contributed by atoms with Gasteiger partial charge in [0.1, 0.15) is 5.82 Å². The number of carbonyl (C=O) groups is 2. The predicted molar refractivity (Wildman–Crippen MR) is 103 cm³/mol. The summed E-state index contributed by atoms with van der Waals surface area (Å²) in [5.74, 6) is -0.733. The first-order valence-electron chi connectivity index (χ1n) is 8.61. The second kappa shape index (κ2) is 8.13. The van der Waals surface area contributed by atoms with E-state index in [1.54, 1.807) is 0 Å². The highest BCUT2D eigenvalue weighted by Gasteiger charge is 2.19. The van der Waals surface area contributed by atoms with Gasteiger partial charge in [-0.1, -0.05) is 39.0 Å². The third-order valence-electron chi connectivity index (χ3n) is 4.09. The van der Waals surface area contributed by atoms with Gasteiger partial charge in [0.25, 0.3) is 0 Å². The largest absolute Gasteiger partial charge is 0.326 e. The van der Waals surface area contributed by atoms with E-state index >= 15 is 0 Å². The molecule has 0 bridgehead atoms. The van der Waals surface area contributed by atoms with Gasteiger partial charge in [-0.15, -0.1) is 0 Å². The molecular formula is C21H25FN2O2. The van der Waals surface area contributed by atoms with Crippen LogP contribution >= 0.6 is 0 Å². The van der Waals surface area contributed by atoms with Crippen molar-refractivity contribution in [2.75, 3.05) is 16.8 Å². The number of hydrogen-bond acceptors (Lipinski definition) is 2. The lowest BCUT2D eigenvalue weighted by molar-refractivity contribution is -0.117. The Morgan fingerprint density at radius 1 is 1.04 bits per heavy atom. The van der Waals surface area contributed by atoms with Gasteiger partial charge < -0.3 is 10.2 Å². The number of carbonyl (C=O) groups excluding carboxylic acids is 2. The van der Waals surface area contributed by atoms with Gasteiger partial charge in [0, 0.05) is 31.3 Å². The van der Waals surface area contributed by atoms with Crippen molar-refractivity contribution in [1.29, 1.82) is 0 Å². The monoisotopic (exact) mass is 356 g/mol. The minimum Gasteiger partial charge on any atom is -0.326 e. The fraction of sp³-hybridized carbons (Fsp3) is 0.333. The SMILES string of the molecule is CC(=O)N(CCC(=O)Nc1ccccc1C(C)(C)C)c1ccc(F)cc1. The summed E-state index contributed by atoms with van der Waals surface area (Å²) in [5.41, 5.74) is 2.31. The quantitative estimate of drug-likeness (QED) is 0.857. The first kappa shape index (κ1) is 19.6. The van der Waals surface area contributed by atoms with Crippen molar-refractivity contribution < 1.29 is 14.0 Å². The fourth-order valence-corrected chi connectivity index (χ4v) is 2.76. The zero-order valence-electron chi connectivity index (χ0n) is 15.7. The zero-order chi connectivity index (χ0) is 19.3. The molecule has 0 heterocycles. The predicted octanol–water partition coefficient (Wildman–Crippen LogP) is 4.50. The maximum atomic E-state index is 13.1. The van der Waals surface area contributed by atoms with Crippen LogP contribution in [0.1, 0.15) is 39.7 Å². The highest BCUT2D eigenvalue weighted by atomic mass is 19.1. The molecule has 5 heteroatoms. The molecule has 0 aliphatic heterocycles. The topological polar surface area (TPSA) is 49.4 Å². The Morgan fingerprint density at radius 3 is 2.23 bits per heavy atom. The van der Waals surface area contributed by atoms with E-state index in [1.807, 2.05) is 24.3 Å². The van der Waals surface area contributed by atoms with Crippen LogP contribution in [0.3, 0.4) is 0 Å². The molecule has 0 saturated heterocycles. The normalized spacial score (nSPS) is 11.1. The van der Waals surface area contributed by atoms with E-state index in [2.05, 4.69) is 26.1 Å². The van der Waals surface area contributed by atoms with Crippen LogP contribution in [-0.2, 0) is 15.0 Å². The number of nitrogens with zero attached hydrogens (tertiary/aromatic N) is 1. The molecule has 0 unspecified atom stereocenters. The van der Waals surface area contributed by atoms with Crippen molar-refractivity contribution in [2.45, 2.75) is 39.5 Å². The minimum atomic E-state index is -0.367. The van der Waals surface area contributed by atoms with E-state index in [4.69, 9.17) is 0 Å². The number of hydrogen-bond donors (Lipinski definition) is 1. The smallest absolute Gasteiger partial charge is 0.226 e. The van der Waals surface area contributed by atoms with Crippen molar-refractivity contribution in [3.63, 3.8) is 0 Å². The first-order valence-corrected chi connectivity index (χ1v) is 8.61. The maximum absolute atomic E-state index is 13.1. The number of halogens is 1. The van der Waals surface area contributed by atoms with Crippen LogP contribution in [0.2, 0.25) is 0 Å². The van der Waals surface area contributed by atoms with Crippen LogP contribution in [0.5, 0.6) is 0 Å². The van der Waals surface area contributed by atoms with E-state index < -0.39 is 0 Å². The summed E-state index contributed by atoms with van der Waals surface area (Å²) in [7, 11) is 0. The minimum absolute atomic E-state index is 0.0938. The third kappa shape index (κ3) is 5.15. The average Bonchev–Trinajstić information content (AvgIpc) is 2.56. The molecule has 0 aliphatic rings. The average molecular weight is 356 g/mol. The maximum Gasteiger partial charge on any atom is 0.226 e. The Labute approximate surface area is 154 Å². The third-order valence-corrected chi connectivity index (χ3v) is 4.09. The van der Waals surface area contributed by atoms with Crippen molar-refractivity contribution in [3.8, 4) is 0 Å².